The Balaban J connectivity index is 1.87. The van der Waals surface area contributed by atoms with Crippen molar-refractivity contribution in [3.8, 4) is 0 Å². The summed E-state index contributed by atoms with van der Waals surface area (Å²) in [5.74, 6) is -0.940. The fourth-order valence-corrected chi connectivity index (χ4v) is 2.57. The lowest BCUT2D eigenvalue weighted by Gasteiger charge is -2.16. The Labute approximate surface area is 125 Å². The molecule has 0 bridgehead atoms. The summed E-state index contributed by atoms with van der Waals surface area (Å²) < 4.78 is 13.2. The van der Waals surface area contributed by atoms with Gasteiger partial charge in [0, 0.05) is 16.3 Å². The number of halogens is 2. The molecule has 0 spiro atoms. The maximum absolute atomic E-state index is 13.2. The third kappa shape index (κ3) is 2.67. The van der Waals surface area contributed by atoms with Crippen molar-refractivity contribution >= 4 is 29.0 Å². The monoisotopic (exact) mass is 303 g/mol. The van der Waals surface area contributed by atoms with E-state index in [1.54, 1.807) is 18.2 Å². The minimum Gasteiger partial charge on any atom is -0.304 e. The average molecular weight is 304 g/mol. The minimum atomic E-state index is -0.475. The lowest BCUT2D eigenvalue weighted by atomic mass is 10.1. The summed E-state index contributed by atoms with van der Waals surface area (Å²) in [7, 11) is 0. The van der Waals surface area contributed by atoms with Crippen LogP contribution in [-0.2, 0) is 11.2 Å². The van der Waals surface area contributed by atoms with Gasteiger partial charge in [-0.2, -0.15) is 0 Å². The third-order valence-corrected chi connectivity index (χ3v) is 3.66. The summed E-state index contributed by atoms with van der Waals surface area (Å²) in [6.07, 6.45) is 0.253. The van der Waals surface area contributed by atoms with Crippen LogP contribution in [0.3, 0.4) is 0 Å². The number of Topliss-reactive ketones (excluding diaryl/α,β-unsaturated/α-hetero) is 1. The van der Waals surface area contributed by atoms with Crippen molar-refractivity contribution in [1.82, 2.24) is 0 Å². The van der Waals surface area contributed by atoms with Gasteiger partial charge in [0.05, 0.1) is 13.0 Å². The Kier molecular flexibility index (Phi) is 3.47. The van der Waals surface area contributed by atoms with Crippen molar-refractivity contribution in [1.29, 1.82) is 0 Å². The second-order valence-corrected chi connectivity index (χ2v) is 5.30. The molecule has 0 aliphatic carbocycles. The summed E-state index contributed by atoms with van der Waals surface area (Å²) >= 11 is 5.94. The molecule has 1 heterocycles. The SMILES string of the molecule is O=C(CN1C(=O)Cc2ccc(Cl)cc21)c1cccc(F)c1. The van der Waals surface area contributed by atoms with Gasteiger partial charge < -0.3 is 4.90 Å². The molecule has 0 saturated heterocycles. The van der Waals surface area contributed by atoms with Crippen molar-refractivity contribution in [2.24, 2.45) is 0 Å². The third-order valence-electron chi connectivity index (χ3n) is 3.43. The normalized spacial score (nSPS) is 13.4. The van der Waals surface area contributed by atoms with Crippen molar-refractivity contribution in [3.63, 3.8) is 0 Å². The Morgan fingerprint density at radius 3 is 2.81 bits per heavy atom. The highest BCUT2D eigenvalue weighted by Crippen LogP contribution is 2.31. The molecule has 0 radical (unpaired) electrons. The molecule has 0 N–H and O–H groups in total. The van der Waals surface area contributed by atoms with Crippen molar-refractivity contribution < 1.29 is 14.0 Å². The summed E-state index contributed by atoms with van der Waals surface area (Å²) in [4.78, 5) is 25.6. The van der Waals surface area contributed by atoms with E-state index in [4.69, 9.17) is 11.6 Å². The quantitative estimate of drug-likeness (QED) is 0.816. The number of anilines is 1. The second-order valence-electron chi connectivity index (χ2n) is 4.86. The van der Waals surface area contributed by atoms with E-state index in [1.807, 2.05) is 0 Å². The number of carbonyl (C=O) groups excluding carboxylic acids is 2. The first-order valence-corrected chi connectivity index (χ1v) is 6.80. The molecule has 21 heavy (non-hydrogen) atoms. The summed E-state index contributed by atoms with van der Waals surface area (Å²) in [6.45, 7) is -0.115. The zero-order valence-corrected chi connectivity index (χ0v) is 11.7. The molecular formula is C16H11ClFNO2. The predicted molar refractivity (Wildman–Crippen MR) is 78.2 cm³/mol. The van der Waals surface area contributed by atoms with Crippen molar-refractivity contribution in [2.75, 3.05) is 11.4 Å². The summed E-state index contributed by atoms with van der Waals surface area (Å²) in [6, 6.07) is 10.6. The average Bonchev–Trinajstić information content (AvgIpc) is 2.75. The van der Waals surface area contributed by atoms with Gasteiger partial charge in [0.15, 0.2) is 5.78 Å². The summed E-state index contributed by atoms with van der Waals surface area (Å²) in [5.41, 5.74) is 1.74. The van der Waals surface area contributed by atoms with Crippen LogP contribution in [0.4, 0.5) is 10.1 Å². The Morgan fingerprint density at radius 2 is 2.05 bits per heavy atom. The van der Waals surface area contributed by atoms with E-state index >= 15 is 0 Å². The maximum atomic E-state index is 13.2. The van der Waals surface area contributed by atoms with Crippen LogP contribution in [0.25, 0.3) is 0 Å². The first-order chi connectivity index (χ1) is 10.0. The van der Waals surface area contributed by atoms with Crippen LogP contribution in [-0.4, -0.2) is 18.2 Å². The number of benzene rings is 2. The predicted octanol–water partition coefficient (Wildman–Crippen LogP) is 3.25. The molecule has 0 atom stereocenters. The van der Waals surface area contributed by atoms with E-state index in [1.165, 1.54) is 29.2 Å². The van der Waals surface area contributed by atoms with E-state index in [0.29, 0.717) is 10.7 Å². The minimum absolute atomic E-state index is 0.115. The van der Waals surface area contributed by atoms with E-state index in [9.17, 15) is 14.0 Å². The lowest BCUT2D eigenvalue weighted by Crippen LogP contribution is -2.32. The number of rotatable bonds is 3. The molecule has 106 valence electrons. The second kappa shape index (κ2) is 5.30. The zero-order valence-electron chi connectivity index (χ0n) is 11.0. The van der Waals surface area contributed by atoms with Crippen LogP contribution in [0, 0.1) is 5.82 Å². The first-order valence-electron chi connectivity index (χ1n) is 6.42. The maximum Gasteiger partial charge on any atom is 0.231 e. The molecule has 1 aliphatic heterocycles. The number of amides is 1. The molecule has 3 nitrogen and oxygen atoms in total. The van der Waals surface area contributed by atoms with Crippen LogP contribution in [0.1, 0.15) is 15.9 Å². The van der Waals surface area contributed by atoms with Crippen LogP contribution in [0.15, 0.2) is 42.5 Å². The number of ketones is 1. The molecule has 0 saturated carbocycles. The van der Waals surface area contributed by atoms with Crippen molar-refractivity contribution in [3.05, 3.63) is 64.4 Å². The van der Waals surface area contributed by atoms with Crippen molar-refractivity contribution in [2.45, 2.75) is 6.42 Å². The molecular weight excluding hydrogens is 293 g/mol. The Morgan fingerprint density at radius 1 is 1.24 bits per heavy atom. The van der Waals surface area contributed by atoms with Gasteiger partial charge in [-0.05, 0) is 29.8 Å². The lowest BCUT2D eigenvalue weighted by molar-refractivity contribution is -0.117. The number of hydrogen-bond donors (Lipinski definition) is 0. The molecule has 0 unspecified atom stereocenters. The van der Waals surface area contributed by atoms with Gasteiger partial charge >= 0.3 is 0 Å². The fourth-order valence-electron chi connectivity index (χ4n) is 2.40. The van der Waals surface area contributed by atoms with Crippen LogP contribution >= 0.6 is 11.6 Å². The van der Waals surface area contributed by atoms with Gasteiger partial charge in [0.25, 0.3) is 0 Å². The molecule has 1 amide bonds. The van der Waals surface area contributed by atoms with Crippen LogP contribution < -0.4 is 4.90 Å². The van der Waals surface area contributed by atoms with Gasteiger partial charge in [0.2, 0.25) is 5.91 Å². The first kappa shape index (κ1) is 13.8. The van der Waals surface area contributed by atoms with E-state index < -0.39 is 5.82 Å². The smallest absolute Gasteiger partial charge is 0.231 e. The highest BCUT2D eigenvalue weighted by atomic mass is 35.5. The van der Waals surface area contributed by atoms with Gasteiger partial charge in [-0.25, -0.2) is 4.39 Å². The fraction of sp³-hybridized carbons (Fsp3) is 0.125. The molecule has 5 heteroatoms. The Hall–Kier alpha value is -2.20. The van der Waals surface area contributed by atoms with Crippen LogP contribution in [0.5, 0.6) is 0 Å². The highest BCUT2D eigenvalue weighted by molar-refractivity contribution is 6.31. The van der Waals surface area contributed by atoms with Gasteiger partial charge in [-0.15, -0.1) is 0 Å². The number of nitrogens with zero attached hydrogens (tertiary/aromatic N) is 1. The van der Waals surface area contributed by atoms with Crippen LogP contribution in [0.2, 0.25) is 5.02 Å². The topological polar surface area (TPSA) is 37.4 Å². The number of fused-ring (bicyclic) bond motifs is 1. The molecule has 0 fully saturated rings. The molecule has 3 rings (SSSR count). The van der Waals surface area contributed by atoms with E-state index in [0.717, 1.165) is 5.56 Å². The molecule has 1 aliphatic rings. The Bertz CT molecular complexity index is 745. The highest BCUT2D eigenvalue weighted by Gasteiger charge is 2.29. The summed E-state index contributed by atoms with van der Waals surface area (Å²) in [5, 5.41) is 0.506. The van der Waals surface area contributed by atoms with E-state index in [2.05, 4.69) is 0 Å². The number of carbonyl (C=O) groups is 2. The molecule has 2 aromatic carbocycles. The molecule has 2 aromatic rings. The molecule has 0 aromatic heterocycles. The van der Waals surface area contributed by atoms with Gasteiger partial charge in [-0.3, -0.25) is 9.59 Å². The number of hydrogen-bond acceptors (Lipinski definition) is 2. The standard InChI is InChI=1S/C16H11ClFNO2/c17-12-5-4-10-7-16(21)19(14(10)8-12)9-15(20)11-2-1-3-13(18)6-11/h1-6,8H,7,9H2. The van der Waals surface area contributed by atoms with Gasteiger partial charge in [0.1, 0.15) is 5.82 Å². The van der Waals surface area contributed by atoms with Gasteiger partial charge in [-0.1, -0.05) is 29.8 Å². The largest absolute Gasteiger partial charge is 0.304 e. The van der Waals surface area contributed by atoms with E-state index in [-0.39, 0.29) is 30.2 Å². The zero-order chi connectivity index (χ0) is 15.0.